The Bertz CT molecular complexity index is 1040. The Morgan fingerprint density at radius 1 is 1.09 bits per heavy atom. The van der Waals surface area contributed by atoms with E-state index in [-0.39, 0.29) is 49.7 Å². The van der Waals surface area contributed by atoms with E-state index in [2.05, 4.69) is 5.32 Å². The molecule has 1 heterocycles. The molecule has 0 saturated carbocycles. The van der Waals surface area contributed by atoms with E-state index in [0.29, 0.717) is 13.1 Å². The first-order chi connectivity index (χ1) is 16.9. The van der Waals surface area contributed by atoms with E-state index in [1.165, 1.54) is 0 Å². The van der Waals surface area contributed by atoms with Crippen molar-refractivity contribution in [3.8, 4) is 11.1 Å². The summed E-state index contributed by atoms with van der Waals surface area (Å²) in [5.74, 6) is -1.25. The minimum Gasteiger partial charge on any atom is -0.481 e. The molecule has 2 aliphatic rings. The van der Waals surface area contributed by atoms with Crippen LogP contribution in [0.2, 0.25) is 0 Å². The number of carboxylic acid groups (broad SMARTS) is 1. The van der Waals surface area contributed by atoms with Gasteiger partial charge in [0.1, 0.15) is 12.6 Å². The lowest BCUT2D eigenvalue weighted by Crippen LogP contribution is -2.53. The predicted molar refractivity (Wildman–Crippen MR) is 130 cm³/mol. The predicted octanol–water partition coefficient (Wildman–Crippen LogP) is 3.24. The molecule has 186 valence electrons. The van der Waals surface area contributed by atoms with Crippen molar-refractivity contribution in [2.75, 3.05) is 26.3 Å². The number of ether oxygens (including phenoxy) is 1. The summed E-state index contributed by atoms with van der Waals surface area (Å²) in [7, 11) is 0. The van der Waals surface area contributed by atoms with Crippen LogP contribution >= 0.6 is 0 Å². The molecule has 8 heteroatoms. The highest BCUT2D eigenvalue weighted by Crippen LogP contribution is 2.44. The number of fused-ring (bicyclic) bond motifs is 3. The first kappa shape index (κ1) is 24.7. The highest BCUT2D eigenvalue weighted by molar-refractivity contribution is 5.86. The van der Waals surface area contributed by atoms with Crippen LogP contribution in [-0.2, 0) is 14.3 Å². The fourth-order valence-corrected chi connectivity index (χ4v) is 5.12. The average Bonchev–Trinajstić information content (AvgIpc) is 3.18. The number of amides is 2. The fraction of sp³-hybridized carbons (Fsp3) is 0.444. The minimum absolute atomic E-state index is 0.0233. The SMILES string of the molecule is CC1CCN(C(=O)C(CCC(=O)O)NC(=O)OCC2c3ccccc3-c3ccccc32)CC1CO. The molecule has 0 aromatic heterocycles. The average molecular weight is 481 g/mol. The van der Waals surface area contributed by atoms with Crippen LogP contribution in [-0.4, -0.2) is 65.4 Å². The summed E-state index contributed by atoms with van der Waals surface area (Å²) in [5.41, 5.74) is 4.39. The standard InChI is InChI=1S/C27H32N2O6/c1-17-12-13-29(14-18(17)15-30)26(33)24(10-11-25(31)32)28-27(34)35-16-23-21-8-4-2-6-19(21)20-7-3-5-9-22(20)23/h2-9,17-18,23-24,30H,10-16H2,1H3,(H,28,34)(H,31,32). The van der Waals surface area contributed by atoms with E-state index in [1.54, 1.807) is 4.90 Å². The van der Waals surface area contributed by atoms with Crippen molar-refractivity contribution in [3.05, 3.63) is 59.7 Å². The van der Waals surface area contributed by atoms with Gasteiger partial charge in [-0.3, -0.25) is 9.59 Å². The topological polar surface area (TPSA) is 116 Å². The van der Waals surface area contributed by atoms with E-state index in [0.717, 1.165) is 28.7 Å². The first-order valence-electron chi connectivity index (χ1n) is 12.1. The van der Waals surface area contributed by atoms with Crippen molar-refractivity contribution in [2.45, 2.75) is 38.1 Å². The molecule has 2 aromatic rings. The second kappa shape index (κ2) is 10.9. The monoisotopic (exact) mass is 480 g/mol. The van der Waals surface area contributed by atoms with Crippen molar-refractivity contribution < 1.29 is 29.3 Å². The van der Waals surface area contributed by atoms with Gasteiger partial charge in [-0.2, -0.15) is 0 Å². The first-order valence-corrected chi connectivity index (χ1v) is 12.1. The Labute approximate surface area is 204 Å². The van der Waals surface area contributed by atoms with Gasteiger partial charge in [-0.25, -0.2) is 4.79 Å². The molecule has 0 bridgehead atoms. The van der Waals surface area contributed by atoms with Crippen LogP contribution < -0.4 is 5.32 Å². The Morgan fingerprint density at radius 2 is 1.71 bits per heavy atom. The van der Waals surface area contributed by atoms with Crippen LogP contribution in [0.15, 0.2) is 48.5 Å². The molecule has 2 amide bonds. The molecule has 0 spiro atoms. The summed E-state index contributed by atoms with van der Waals surface area (Å²) in [4.78, 5) is 38.7. The van der Waals surface area contributed by atoms with Gasteiger partial charge < -0.3 is 25.2 Å². The lowest BCUT2D eigenvalue weighted by Gasteiger charge is -2.37. The second-order valence-electron chi connectivity index (χ2n) is 9.45. The molecule has 35 heavy (non-hydrogen) atoms. The quantitative estimate of drug-likeness (QED) is 0.534. The van der Waals surface area contributed by atoms with Crippen molar-refractivity contribution >= 4 is 18.0 Å². The van der Waals surface area contributed by atoms with E-state index in [1.807, 2.05) is 55.5 Å². The third-order valence-electron chi connectivity index (χ3n) is 7.24. The van der Waals surface area contributed by atoms with Gasteiger partial charge in [-0.15, -0.1) is 0 Å². The fourth-order valence-electron chi connectivity index (χ4n) is 5.12. The molecule has 4 rings (SSSR count). The molecule has 2 aromatic carbocycles. The third kappa shape index (κ3) is 5.48. The Balaban J connectivity index is 1.42. The summed E-state index contributed by atoms with van der Waals surface area (Å²) in [6.07, 6.45) is -0.296. The summed E-state index contributed by atoms with van der Waals surface area (Å²) in [6.45, 7) is 3.01. The largest absolute Gasteiger partial charge is 0.481 e. The number of nitrogens with zero attached hydrogens (tertiary/aromatic N) is 1. The maximum atomic E-state index is 13.2. The normalized spacial score (nSPS) is 20.0. The van der Waals surface area contributed by atoms with Crippen molar-refractivity contribution in [1.82, 2.24) is 10.2 Å². The zero-order chi connectivity index (χ0) is 24.9. The van der Waals surface area contributed by atoms with Crippen molar-refractivity contribution in [2.24, 2.45) is 11.8 Å². The number of piperidine rings is 1. The number of likely N-dealkylation sites (tertiary alicyclic amines) is 1. The van der Waals surface area contributed by atoms with Crippen LogP contribution in [0.5, 0.6) is 0 Å². The number of aliphatic carboxylic acids is 1. The summed E-state index contributed by atoms with van der Waals surface area (Å²) in [5, 5.41) is 21.4. The summed E-state index contributed by atoms with van der Waals surface area (Å²) in [6, 6.07) is 15.0. The molecule has 1 aliphatic carbocycles. The third-order valence-corrected chi connectivity index (χ3v) is 7.24. The molecule has 3 unspecified atom stereocenters. The molecule has 0 radical (unpaired) electrons. The molecule has 8 nitrogen and oxygen atoms in total. The van der Waals surface area contributed by atoms with Crippen LogP contribution in [0.3, 0.4) is 0 Å². The number of benzene rings is 2. The van der Waals surface area contributed by atoms with Crippen LogP contribution in [0.1, 0.15) is 43.2 Å². The van der Waals surface area contributed by atoms with E-state index in [9.17, 15) is 19.5 Å². The van der Waals surface area contributed by atoms with E-state index < -0.39 is 18.1 Å². The van der Waals surface area contributed by atoms with Crippen LogP contribution in [0.4, 0.5) is 4.79 Å². The molecule has 1 aliphatic heterocycles. The van der Waals surface area contributed by atoms with Gasteiger partial charge in [0.15, 0.2) is 0 Å². The van der Waals surface area contributed by atoms with Crippen LogP contribution in [0.25, 0.3) is 11.1 Å². The molecule has 3 N–H and O–H groups in total. The van der Waals surface area contributed by atoms with E-state index >= 15 is 0 Å². The van der Waals surface area contributed by atoms with Gasteiger partial charge in [-0.05, 0) is 41.0 Å². The molecule has 3 atom stereocenters. The molecular formula is C27H32N2O6. The number of carbonyl (C=O) groups is 3. The highest BCUT2D eigenvalue weighted by atomic mass is 16.5. The van der Waals surface area contributed by atoms with Gasteiger partial charge in [-0.1, -0.05) is 55.5 Å². The number of aliphatic hydroxyl groups excluding tert-OH is 1. The smallest absolute Gasteiger partial charge is 0.407 e. The Hall–Kier alpha value is -3.39. The van der Waals surface area contributed by atoms with Crippen molar-refractivity contribution in [3.63, 3.8) is 0 Å². The van der Waals surface area contributed by atoms with Crippen molar-refractivity contribution in [1.29, 1.82) is 0 Å². The van der Waals surface area contributed by atoms with Gasteiger partial charge in [0.2, 0.25) is 5.91 Å². The Morgan fingerprint density at radius 3 is 2.31 bits per heavy atom. The minimum atomic E-state index is -1.04. The summed E-state index contributed by atoms with van der Waals surface area (Å²) < 4.78 is 5.57. The molecule has 1 saturated heterocycles. The molecular weight excluding hydrogens is 448 g/mol. The van der Waals surface area contributed by atoms with Gasteiger partial charge in [0, 0.05) is 38.0 Å². The highest BCUT2D eigenvalue weighted by Gasteiger charge is 2.34. The number of aliphatic hydroxyl groups is 1. The second-order valence-corrected chi connectivity index (χ2v) is 9.45. The number of nitrogens with one attached hydrogen (secondary N) is 1. The van der Waals surface area contributed by atoms with Gasteiger partial charge in [0.25, 0.3) is 0 Å². The number of carboxylic acids is 1. The summed E-state index contributed by atoms with van der Waals surface area (Å²) >= 11 is 0. The van der Waals surface area contributed by atoms with E-state index in [4.69, 9.17) is 9.84 Å². The van der Waals surface area contributed by atoms with Gasteiger partial charge in [0.05, 0.1) is 0 Å². The van der Waals surface area contributed by atoms with Crippen LogP contribution in [0, 0.1) is 11.8 Å². The lowest BCUT2D eigenvalue weighted by atomic mass is 9.87. The number of alkyl carbamates (subject to hydrolysis) is 1. The maximum Gasteiger partial charge on any atom is 0.407 e. The number of hydrogen-bond acceptors (Lipinski definition) is 5. The lowest BCUT2D eigenvalue weighted by molar-refractivity contribution is -0.138. The zero-order valence-corrected chi connectivity index (χ0v) is 19.9. The number of carbonyl (C=O) groups excluding carboxylic acids is 2. The molecule has 1 fully saturated rings. The zero-order valence-electron chi connectivity index (χ0n) is 19.9. The number of hydrogen-bond donors (Lipinski definition) is 3. The van der Waals surface area contributed by atoms with Gasteiger partial charge >= 0.3 is 12.1 Å². The maximum absolute atomic E-state index is 13.2. The Kier molecular flexibility index (Phi) is 7.70. The number of rotatable bonds is 8.